The third-order valence-corrected chi connectivity index (χ3v) is 66.1. The number of rotatable bonds is 11. The van der Waals surface area contributed by atoms with Gasteiger partial charge in [0.1, 0.15) is 0 Å². The molecule has 4 unspecified atom stereocenters. The Kier molecular flexibility index (Phi) is 10.9. The van der Waals surface area contributed by atoms with E-state index in [0.29, 0.717) is 0 Å². The fourth-order valence-corrected chi connectivity index (χ4v) is 43.2. The van der Waals surface area contributed by atoms with Crippen molar-refractivity contribution in [1.82, 2.24) is 0 Å². The van der Waals surface area contributed by atoms with Crippen LogP contribution in [0.3, 0.4) is 0 Å². The average Bonchev–Trinajstić information content (AvgIpc) is 3.61. The molecule has 48 heavy (non-hydrogen) atoms. The maximum atomic E-state index is 8.49. The predicted octanol–water partition coefficient (Wildman–Crippen LogP) is 11.0. The van der Waals surface area contributed by atoms with Gasteiger partial charge in [-0.25, -0.2) is 0 Å². The van der Waals surface area contributed by atoms with Crippen molar-refractivity contribution in [3.05, 3.63) is 118 Å². The Labute approximate surface area is 302 Å². The van der Waals surface area contributed by atoms with Gasteiger partial charge in [0.05, 0.1) is 0 Å². The van der Waals surface area contributed by atoms with Crippen LogP contribution in [0.25, 0.3) is 34.4 Å². The summed E-state index contributed by atoms with van der Waals surface area (Å²) in [6.45, 7) is 9.38. The van der Waals surface area contributed by atoms with E-state index >= 15 is 0 Å². The first kappa shape index (κ1) is 36.5. The van der Waals surface area contributed by atoms with E-state index in [1.807, 2.05) is 0 Å². The molecule has 0 fully saturated rings. The van der Waals surface area contributed by atoms with E-state index in [1.165, 1.54) is 65.4 Å². The Morgan fingerprint density at radius 2 is 1.00 bits per heavy atom. The number of benzene rings is 4. The molecule has 0 saturated heterocycles. The second-order valence-electron chi connectivity index (χ2n) is 13.8. The van der Waals surface area contributed by atoms with Crippen molar-refractivity contribution in [3.63, 3.8) is 0 Å². The van der Waals surface area contributed by atoms with Gasteiger partial charge in [0.25, 0.3) is 0 Å². The quantitative estimate of drug-likeness (QED) is 0.111. The zero-order valence-electron chi connectivity index (χ0n) is 29.3. The topological polar surface area (TPSA) is 18.5 Å². The Morgan fingerprint density at radius 3 is 1.33 bits per heavy atom. The summed E-state index contributed by atoms with van der Waals surface area (Å²) in [5.74, 6) is -0.128. The van der Waals surface area contributed by atoms with Gasteiger partial charge in [-0.3, -0.25) is 0 Å². The molecule has 2 aliphatic rings. The zero-order chi connectivity index (χ0) is 34.4. The van der Waals surface area contributed by atoms with Crippen LogP contribution in [0.5, 0.6) is 0 Å². The molecule has 0 heterocycles. The van der Waals surface area contributed by atoms with Crippen LogP contribution in [0.1, 0.15) is 43.4 Å². The molecule has 0 saturated carbocycles. The first-order valence-electron chi connectivity index (χ1n) is 16.5. The van der Waals surface area contributed by atoms with Crippen molar-refractivity contribution in [2.45, 2.75) is 44.0 Å². The number of fused-ring (bicyclic) bond motifs is 2. The van der Waals surface area contributed by atoms with Crippen molar-refractivity contribution in [1.29, 1.82) is 0 Å². The molecule has 8 heteroatoms. The maximum absolute atomic E-state index is 8.49. The summed E-state index contributed by atoms with van der Waals surface area (Å²) < 4.78 is 11.0. The molecule has 6 rings (SSSR count). The van der Waals surface area contributed by atoms with E-state index in [9.17, 15) is 0 Å². The first-order valence-corrected chi connectivity index (χ1v) is 36.5. The van der Waals surface area contributed by atoms with E-state index < -0.39 is 21.5 Å². The zero-order valence-corrected chi connectivity index (χ0v) is 36.0. The van der Waals surface area contributed by atoms with Crippen LogP contribution in [-0.2, 0) is 46.8 Å². The Bertz CT molecular complexity index is 1760. The summed E-state index contributed by atoms with van der Waals surface area (Å²) >= 11 is -4.75. The molecule has 2 nitrogen and oxygen atoms in total. The fourth-order valence-electron chi connectivity index (χ4n) is 8.13. The molecule has 251 valence electrons. The summed E-state index contributed by atoms with van der Waals surface area (Å²) in [4.78, 5) is 2.63. The van der Waals surface area contributed by atoms with Crippen LogP contribution in [0.4, 0.5) is 0 Å². The molecule has 0 spiro atoms. The van der Waals surface area contributed by atoms with Gasteiger partial charge in [-0.2, -0.15) is 0 Å². The van der Waals surface area contributed by atoms with Crippen molar-refractivity contribution in [2.24, 2.45) is 0 Å². The number of hydrogen-bond donors (Lipinski definition) is 0. The first-order chi connectivity index (χ1) is 22.9. The number of hydrogen-bond acceptors (Lipinski definition) is 2. The van der Waals surface area contributed by atoms with Crippen LogP contribution in [0, 0.1) is 0 Å². The predicted molar refractivity (Wildman–Crippen MR) is 214 cm³/mol. The van der Waals surface area contributed by atoms with Crippen molar-refractivity contribution in [3.8, 4) is 22.3 Å². The average molecular weight is 814 g/mol. The molecule has 0 radical (unpaired) electrons. The Balaban J connectivity index is 1.43. The third-order valence-electron chi connectivity index (χ3n) is 10.5. The normalized spacial score (nSPS) is 19.3. The van der Waals surface area contributed by atoms with Gasteiger partial charge in [0, 0.05) is 0 Å². The fraction of sp³-hybridized carbons (Fsp3) is 0.300. The molecular formula is C40H47Cl2O2S2SiZr+2. The molecule has 0 bridgehead atoms. The molecule has 0 aromatic heterocycles. The van der Waals surface area contributed by atoms with Crippen LogP contribution in [-0.4, -0.2) is 44.5 Å². The number of halogens is 2. The summed E-state index contributed by atoms with van der Waals surface area (Å²) in [5.41, 5.74) is 12.8. The molecule has 4 aromatic carbocycles. The summed E-state index contributed by atoms with van der Waals surface area (Å²) in [6, 6.07) is 31.6. The van der Waals surface area contributed by atoms with Crippen molar-refractivity contribution in [2.75, 3.05) is 38.6 Å². The van der Waals surface area contributed by atoms with Crippen LogP contribution in [0.15, 0.2) is 106 Å². The van der Waals surface area contributed by atoms with Gasteiger partial charge in [0.2, 0.25) is 0 Å². The van der Waals surface area contributed by atoms with Crippen LogP contribution < -0.4 is 0 Å². The number of methoxy groups -OCH3 is 2. The standard InChI is InChI=1S/2C19H20OS.C2H7Si.2ClH.Zr/c2*1-14-11-16-5-4-6-18(19(16)12-14)15-7-9-17(10-8-15)21(3)13-20-2;1-3-2;;;/h2*4-12H,13H2,1-3H3;3H,1-2H3;2*1H;/q2*+1;;;;+2/p-2. The molecule has 4 atom stereocenters. The monoisotopic (exact) mass is 811 g/mol. The van der Waals surface area contributed by atoms with Crippen LogP contribution >= 0.6 is 17.0 Å². The third kappa shape index (κ3) is 6.26. The van der Waals surface area contributed by atoms with Crippen molar-refractivity contribution < 1.29 is 25.0 Å². The van der Waals surface area contributed by atoms with Gasteiger partial charge in [-0.05, 0) is 0 Å². The van der Waals surface area contributed by atoms with Gasteiger partial charge >= 0.3 is 305 Å². The second kappa shape index (κ2) is 14.4. The van der Waals surface area contributed by atoms with Crippen molar-refractivity contribution >= 4 is 56.9 Å². The van der Waals surface area contributed by atoms with Gasteiger partial charge in [0.15, 0.2) is 0 Å². The molecule has 0 N–H and O–H groups in total. The SMILES string of the molecule is COC[S+](C)c1ccc(-c2cccc3c2C=C(C)[CH]3[Zr]([Cl])([Cl])([CH]2C(C)=Cc3c(-c4ccc([S+](C)COC)cc4)cccc32)[SiH](C)C)cc1. The van der Waals surface area contributed by atoms with E-state index in [2.05, 4.69) is 137 Å². The summed E-state index contributed by atoms with van der Waals surface area (Å²) in [6.07, 6.45) is 9.26. The summed E-state index contributed by atoms with van der Waals surface area (Å²) in [5, 5.41) is 0. The van der Waals surface area contributed by atoms with E-state index in [1.54, 1.807) is 14.2 Å². The molecular weight excluding hydrogens is 767 g/mol. The van der Waals surface area contributed by atoms with E-state index in [0.717, 1.165) is 11.9 Å². The number of allylic oxidation sites excluding steroid dienone is 2. The van der Waals surface area contributed by atoms with Gasteiger partial charge in [-0.1, -0.05) is 0 Å². The minimum atomic E-state index is -4.75. The molecule has 4 aromatic rings. The Hall–Kier alpha value is -1.34. The second-order valence-corrected chi connectivity index (χ2v) is 60.2. The number of ether oxygens (including phenoxy) is 2. The summed E-state index contributed by atoms with van der Waals surface area (Å²) in [7, 11) is 20.6. The van der Waals surface area contributed by atoms with E-state index in [4.69, 9.17) is 26.5 Å². The molecule has 0 amide bonds. The van der Waals surface area contributed by atoms with Gasteiger partial charge < -0.3 is 0 Å². The van der Waals surface area contributed by atoms with Gasteiger partial charge in [-0.15, -0.1) is 0 Å². The minimum absolute atomic E-state index is 0.0615. The van der Waals surface area contributed by atoms with Crippen LogP contribution in [0.2, 0.25) is 13.1 Å². The molecule has 2 aliphatic carbocycles. The Morgan fingerprint density at radius 1 is 0.625 bits per heavy atom. The van der Waals surface area contributed by atoms with E-state index in [-0.39, 0.29) is 29.0 Å². The molecule has 0 aliphatic heterocycles.